The maximum atomic E-state index is 5.24. The number of halogens is 1. The van der Waals surface area contributed by atoms with Crippen molar-refractivity contribution in [3.05, 3.63) is 125 Å². The van der Waals surface area contributed by atoms with Gasteiger partial charge in [0.1, 0.15) is 17.0 Å². The Kier molecular flexibility index (Phi) is 5.03. The van der Waals surface area contributed by atoms with E-state index in [4.69, 9.17) is 19.9 Å². The molecule has 0 atom stereocenters. The lowest BCUT2D eigenvalue weighted by atomic mass is 9.82. The van der Waals surface area contributed by atoms with Crippen molar-refractivity contribution in [2.45, 2.75) is 19.3 Å². The molecule has 0 saturated heterocycles. The summed E-state index contributed by atoms with van der Waals surface area (Å²) in [5, 5.41) is 4.24. The highest BCUT2D eigenvalue weighted by molar-refractivity contribution is 9.10. The molecule has 1 aliphatic rings. The van der Waals surface area contributed by atoms with Gasteiger partial charge in [-0.2, -0.15) is 0 Å². The van der Waals surface area contributed by atoms with Gasteiger partial charge in [0.15, 0.2) is 4.73 Å². The van der Waals surface area contributed by atoms with Crippen molar-refractivity contribution >= 4 is 59.7 Å². The number of rotatable bonds is 2. The first kappa shape index (κ1) is 24.6. The van der Waals surface area contributed by atoms with E-state index in [1.54, 1.807) is 0 Å². The molecule has 0 fully saturated rings. The second-order valence-corrected chi connectivity index (χ2v) is 12.4. The molecule has 9 rings (SSSR count). The van der Waals surface area contributed by atoms with Crippen LogP contribution in [0, 0.1) is 0 Å². The van der Waals surface area contributed by atoms with E-state index >= 15 is 0 Å². The Hall–Kier alpha value is -4.94. The van der Waals surface area contributed by atoms with Crippen LogP contribution in [0.3, 0.4) is 0 Å². The van der Waals surface area contributed by atoms with Gasteiger partial charge in [-0.1, -0.05) is 74.5 Å². The average Bonchev–Trinajstić information content (AvgIpc) is 3.49. The summed E-state index contributed by atoms with van der Waals surface area (Å²) in [6.07, 6.45) is 1.83. The fraction of sp³-hybridized carbons (Fsp3) is 0.0811. The second kappa shape index (κ2) is 8.79. The number of para-hydroxylation sites is 1. The van der Waals surface area contributed by atoms with Gasteiger partial charge in [0, 0.05) is 38.7 Å². The molecule has 204 valence electrons. The Morgan fingerprint density at radius 3 is 2.37 bits per heavy atom. The predicted molar refractivity (Wildman–Crippen MR) is 178 cm³/mol. The molecule has 0 amide bonds. The summed E-state index contributed by atoms with van der Waals surface area (Å²) in [6, 6.07) is 36.3. The minimum Gasteiger partial charge on any atom is -0.278 e. The Morgan fingerprint density at radius 2 is 1.44 bits per heavy atom. The molecule has 43 heavy (non-hydrogen) atoms. The van der Waals surface area contributed by atoms with E-state index in [2.05, 4.69) is 131 Å². The van der Waals surface area contributed by atoms with E-state index in [0.29, 0.717) is 4.73 Å². The molecule has 4 aromatic carbocycles. The summed E-state index contributed by atoms with van der Waals surface area (Å²) >= 11 is 3.63. The lowest BCUT2D eigenvalue weighted by molar-refractivity contribution is 0.660. The lowest BCUT2D eigenvalue weighted by Gasteiger charge is -2.22. The lowest BCUT2D eigenvalue weighted by Crippen LogP contribution is -2.14. The summed E-state index contributed by atoms with van der Waals surface area (Å²) < 4.78 is 2.68. The van der Waals surface area contributed by atoms with E-state index in [-0.39, 0.29) is 5.41 Å². The highest BCUT2D eigenvalue weighted by atomic mass is 79.9. The van der Waals surface area contributed by atoms with Gasteiger partial charge in [-0.3, -0.25) is 4.57 Å². The first-order chi connectivity index (χ1) is 21.0. The number of hydrogen-bond acceptors (Lipinski definition) is 4. The molecule has 0 bridgehead atoms. The molecule has 6 heteroatoms. The Balaban J connectivity index is 1.28. The minimum absolute atomic E-state index is 0.0957. The molecule has 0 unspecified atom stereocenters. The summed E-state index contributed by atoms with van der Waals surface area (Å²) in [7, 11) is 0. The van der Waals surface area contributed by atoms with Crippen molar-refractivity contribution in [2.24, 2.45) is 0 Å². The third-order valence-electron chi connectivity index (χ3n) is 9.00. The zero-order valence-electron chi connectivity index (χ0n) is 23.5. The maximum Gasteiger partial charge on any atom is 0.197 e. The number of nitrogens with zero attached hydrogens (tertiary/aromatic N) is 5. The molecule has 0 N–H and O–H groups in total. The summed E-state index contributed by atoms with van der Waals surface area (Å²) in [5.41, 5.74) is 10.7. The third kappa shape index (κ3) is 3.44. The van der Waals surface area contributed by atoms with Crippen LogP contribution in [0.4, 0.5) is 0 Å². The van der Waals surface area contributed by atoms with Crippen LogP contribution < -0.4 is 0 Å². The third-order valence-corrected chi connectivity index (χ3v) is 9.36. The normalized spacial score (nSPS) is 13.7. The zero-order valence-corrected chi connectivity index (χ0v) is 25.1. The monoisotopic (exact) mass is 617 g/mol. The largest absolute Gasteiger partial charge is 0.278 e. The number of pyridine rings is 2. The van der Waals surface area contributed by atoms with Gasteiger partial charge in [0.25, 0.3) is 0 Å². The van der Waals surface area contributed by atoms with Gasteiger partial charge >= 0.3 is 0 Å². The fourth-order valence-electron chi connectivity index (χ4n) is 6.96. The van der Waals surface area contributed by atoms with Crippen LogP contribution in [0.15, 0.2) is 114 Å². The summed E-state index contributed by atoms with van der Waals surface area (Å²) in [6.45, 7) is 4.61. The standard InChI is InChI=1S/C37H24BrN5/c1-37(2)28-11-5-3-8-23(28)24-16-14-22(20-29(24)37)32-27-17-13-21-15-18-31(40-33(21)34(27)42-36(38)41-32)43-30-12-6-4-9-25(30)26-10-7-19-39-35(26)43/h3-20H,1-2H3. The summed E-state index contributed by atoms with van der Waals surface area (Å²) in [4.78, 5) is 19.8. The van der Waals surface area contributed by atoms with Crippen molar-refractivity contribution in [3.8, 4) is 28.2 Å². The molecular weight excluding hydrogens is 594 g/mol. The van der Waals surface area contributed by atoms with Crippen molar-refractivity contribution in [2.75, 3.05) is 0 Å². The van der Waals surface area contributed by atoms with E-state index in [1.807, 2.05) is 12.3 Å². The number of fused-ring (bicyclic) bond motifs is 9. The van der Waals surface area contributed by atoms with Crippen molar-refractivity contribution < 1.29 is 0 Å². The number of benzene rings is 4. The molecular formula is C37H24BrN5. The minimum atomic E-state index is -0.0957. The number of aromatic nitrogens is 5. The summed E-state index contributed by atoms with van der Waals surface area (Å²) in [5.74, 6) is 0.804. The molecule has 1 aliphatic carbocycles. The first-order valence-corrected chi connectivity index (χ1v) is 15.1. The van der Waals surface area contributed by atoms with Crippen LogP contribution in [-0.4, -0.2) is 24.5 Å². The Bertz CT molecular complexity index is 2400. The van der Waals surface area contributed by atoms with E-state index in [1.165, 1.54) is 22.3 Å². The SMILES string of the molecule is CC1(C)c2ccccc2-c2ccc(-c3nc(Br)nc4c3ccc3ccc(-n5c6ccccc6c6cccnc65)nc34)cc21. The van der Waals surface area contributed by atoms with Gasteiger partial charge in [0.05, 0.1) is 16.7 Å². The zero-order chi connectivity index (χ0) is 28.9. The predicted octanol–water partition coefficient (Wildman–Crippen LogP) is 9.41. The van der Waals surface area contributed by atoms with Crippen LogP contribution in [0.2, 0.25) is 0 Å². The smallest absolute Gasteiger partial charge is 0.197 e. The molecule has 0 spiro atoms. The quantitative estimate of drug-likeness (QED) is 0.143. The van der Waals surface area contributed by atoms with Crippen molar-refractivity contribution in [1.82, 2.24) is 24.5 Å². The molecule has 4 heterocycles. The molecule has 0 radical (unpaired) electrons. The topological polar surface area (TPSA) is 56.5 Å². The van der Waals surface area contributed by atoms with Crippen molar-refractivity contribution in [3.63, 3.8) is 0 Å². The molecule has 0 saturated carbocycles. The second-order valence-electron chi connectivity index (χ2n) is 11.7. The van der Waals surface area contributed by atoms with Crippen LogP contribution in [0.5, 0.6) is 0 Å². The molecule has 0 aliphatic heterocycles. The highest BCUT2D eigenvalue weighted by Crippen LogP contribution is 2.49. The van der Waals surface area contributed by atoms with Crippen LogP contribution in [-0.2, 0) is 5.41 Å². The van der Waals surface area contributed by atoms with Crippen LogP contribution >= 0.6 is 15.9 Å². The molecule has 5 nitrogen and oxygen atoms in total. The number of hydrogen-bond donors (Lipinski definition) is 0. The average molecular weight is 619 g/mol. The van der Waals surface area contributed by atoms with Gasteiger partial charge in [-0.05, 0) is 80.6 Å². The highest BCUT2D eigenvalue weighted by Gasteiger charge is 2.35. The van der Waals surface area contributed by atoms with E-state index < -0.39 is 0 Å². The van der Waals surface area contributed by atoms with Gasteiger partial charge in [-0.25, -0.2) is 19.9 Å². The fourth-order valence-corrected chi connectivity index (χ4v) is 7.32. The Morgan fingerprint density at radius 1 is 0.651 bits per heavy atom. The maximum absolute atomic E-state index is 5.24. The van der Waals surface area contributed by atoms with Crippen LogP contribution in [0.25, 0.3) is 71.9 Å². The van der Waals surface area contributed by atoms with Crippen LogP contribution in [0.1, 0.15) is 25.0 Å². The van der Waals surface area contributed by atoms with Gasteiger partial charge in [0.2, 0.25) is 0 Å². The molecule has 4 aromatic heterocycles. The first-order valence-electron chi connectivity index (χ1n) is 14.4. The van der Waals surface area contributed by atoms with Gasteiger partial charge in [-0.15, -0.1) is 0 Å². The van der Waals surface area contributed by atoms with E-state index in [0.717, 1.165) is 60.8 Å². The van der Waals surface area contributed by atoms with Crippen molar-refractivity contribution in [1.29, 1.82) is 0 Å². The molecule has 8 aromatic rings. The Labute approximate surface area is 256 Å². The van der Waals surface area contributed by atoms with Gasteiger partial charge < -0.3 is 0 Å². The van der Waals surface area contributed by atoms with E-state index in [9.17, 15) is 0 Å².